The summed E-state index contributed by atoms with van der Waals surface area (Å²) in [5, 5.41) is 5.11. The molecule has 0 amide bonds. The lowest BCUT2D eigenvalue weighted by atomic mass is 9.97. The van der Waals surface area contributed by atoms with Crippen LogP contribution >= 0.6 is 11.3 Å². The summed E-state index contributed by atoms with van der Waals surface area (Å²) in [4.78, 5) is 19.5. The molecule has 0 saturated carbocycles. The largest absolute Gasteiger partial charge is 0.493 e. The van der Waals surface area contributed by atoms with Crippen LogP contribution in [0.4, 0.5) is 0 Å². The Balaban J connectivity index is 1.71. The van der Waals surface area contributed by atoms with Crippen molar-refractivity contribution in [3.8, 4) is 5.75 Å². The SMILES string of the molecule is CCCOc1ccccc1/C=N\n1cnc2sc3c(c2c1=O)CCCC3. The van der Waals surface area contributed by atoms with Crippen molar-refractivity contribution < 1.29 is 4.74 Å². The fourth-order valence-corrected chi connectivity index (χ4v) is 4.49. The van der Waals surface area contributed by atoms with Gasteiger partial charge in [0.05, 0.1) is 18.2 Å². The fraction of sp³-hybridized carbons (Fsp3) is 0.350. The van der Waals surface area contributed by atoms with Crippen LogP contribution in [0, 0.1) is 0 Å². The van der Waals surface area contributed by atoms with Crippen molar-refractivity contribution in [2.45, 2.75) is 39.0 Å². The average Bonchev–Trinajstić information content (AvgIpc) is 3.06. The van der Waals surface area contributed by atoms with Crippen LogP contribution in [0.25, 0.3) is 10.2 Å². The summed E-state index contributed by atoms with van der Waals surface area (Å²) in [7, 11) is 0. The van der Waals surface area contributed by atoms with Gasteiger partial charge in [-0.2, -0.15) is 9.78 Å². The molecule has 0 fully saturated rings. The van der Waals surface area contributed by atoms with Gasteiger partial charge in [0.15, 0.2) is 0 Å². The van der Waals surface area contributed by atoms with Crippen molar-refractivity contribution >= 4 is 27.8 Å². The van der Waals surface area contributed by atoms with E-state index < -0.39 is 0 Å². The lowest BCUT2D eigenvalue weighted by Crippen LogP contribution is -2.18. The molecule has 5 nitrogen and oxygen atoms in total. The summed E-state index contributed by atoms with van der Waals surface area (Å²) in [5.41, 5.74) is 1.95. The summed E-state index contributed by atoms with van der Waals surface area (Å²) in [6.45, 7) is 2.72. The normalized spacial score (nSPS) is 14.0. The van der Waals surface area contributed by atoms with Crippen molar-refractivity contribution in [2.75, 3.05) is 6.61 Å². The molecule has 134 valence electrons. The number of hydrogen-bond donors (Lipinski definition) is 0. The third kappa shape index (κ3) is 3.17. The van der Waals surface area contributed by atoms with E-state index in [4.69, 9.17) is 4.74 Å². The number of aryl methyl sites for hydroxylation is 2. The van der Waals surface area contributed by atoms with Crippen molar-refractivity contribution in [2.24, 2.45) is 5.10 Å². The second-order valence-electron chi connectivity index (χ2n) is 6.42. The van der Waals surface area contributed by atoms with Crippen molar-refractivity contribution in [1.82, 2.24) is 9.66 Å². The molecule has 0 N–H and O–H groups in total. The standard InChI is InChI=1S/C20H21N3O2S/c1-2-11-25-16-9-5-3-7-14(16)12-22-23-13-21-19-18(20(23)24)15-8-4-6-10-17(15)26-19/h3,5,7,9,12-13H,2,4,6,8,10-11H2,1H3/b22-12-. The Morgan fingerprint density at radius 2 is 2.15 bits per heavy atom. The molecule has 6 heteroatoms. The summed E-state index contributed by atoms with van der Waals surface area (Å²) in [6, 6.07) is 7.70. The number of fused-ring (bicyclic) bond motifs is 3. The second kappa shape index (κ2) is 7.41. The van der Waals surface area contributed by atoms with Gasteiger partial charge >= 0.3 is 0 Å². The number of rotatable bonds is 5. The number of ether oxygens (including phenoxy) is 1. The number of hydrogen-bond acceptors (Lipinski definition) is 5. The monoisotopic (exact) mass is 367 g/mol. The molecule has 0 atom stereocenters. The van der Waals surface area contributed by atoms with Crippen molar-refractivity contribution in [3.05, 3.63) is 57.0 Å². The molecular weight excluding hydrogens is 346 g/mol. The lowest BCUT2D eigenvalue weighted by molar-refractivity contribution is 0.317. The Labute approximate surface area is 156 Å². The molecule has 1 aliphatic rings. The van der Waals surface area contributed by atoms with E-state index in [2.05, 4.69) is 17.0 Å². The highest BCUT2D eigenvalue weighted by atomic mass is 32.1. The molecular formula is C20H21N3O2S. The Kier molecular flexibility index (Phi) is 4.84. The zero-order chi connectivity index (χ0) is 17.9. The summed E-state index contributed by atoms with van der Waals surface area (Å²) in [5.74, 6) is 0.771. The fourth-order valence-electron chi connectivity index (χ4n) is 3.27. The average molecular weight is 367 g/mol. The van der Waals surface area contributed by atoms with Gasteiger partial charge in [-0.25, -0.2) is 4.98 Å². The van der Waals surface area contributed by atoms with Crippen LogP contribution in [0.5, 0.6) is 5.75 Å². The topological polar surface area (TPSA) is 56.5 Å². The van der Waals surface area contributed by atoms with E-state index >= 15 is 0 Å². The molecule has 2 aromatic heterocycles. The van der Waals surface area contributed by atoms with Crippen LogP contribution in [0.15, 0.2) is 40.5 Å². The summed E-state index contributed by atoms with van der Waals surface area (Å²) in [6.07, 6.45) is 8.47. The Bertz CT molecular complexity index is 1020. The van der Waals surface area contributed by atoms with E-state index in [0.29, 0.717) is 6.61 Å². The van der Waals surface area contributed by atoms with Crippen LogP contribution in [-0.2, 0) is 12.8 Å². The first kappa shape index (κ1) is 17.0. The molecule has 26 heavy (non-hydrogen) atoms. The van der Waals surface area contributed by atoms with E-state index in [9.17, 15) is 4.79 Å². The molecule has 1 aromatic carbocycles. The van der Waals surface area contributed by atoms with Gasteiger partial charge < -0.3 is 4.74 Å². The predicted octanol–water partition coefficient (Wildman–Crippen LogP) is 4.01. The zero-order valence-electron chi connectivity index (χ0n) is 14.8. The highest BCUT2D eigenvalue weighted by Gasteiger charge is 2.19. The molecule has 1 aliphatic carbocycles. The minimum absolute atomic E-state index is 0.0855. The minimum atomic E-state index is -0.0855. The molecule has 0 aliphatic heterocycles. The number of para-hydroxylation sites is 1. The van der Waals surface area contributed by atoms with E-state index in [-0.39, 0.29) is 5.56 Å². The van der Waals surface area contributed by atoms with Crippen LogP contribution in [0.2, 0.25) is 0 Å². The van der Waals surface area contributed by atoms with Crippen molar-refractivity contribution in [1.29, 1.82) is 0 Å². The van der Waals surface area contributed by atoms with Gasteiger partial charge in [0.2, 0.25) is 0 Å². The maximum Gasteiger partial charge on any atom is 0.282 e. The van der Waals surface area contributed by atoms with Crippen molar-refractivity contribution in [3.63, 3.8) is 0 Å². The third-order valence-electron chi connectivity index (χ3n) is 4.56. The highest BCUT2D eigenvalue weighted by molar-refractivity contribution is 7.18. The Hall–Kier alpha value is -2.47. The maximum absolute atomic E-state index is 12.9. The first-order valence-corrected chi connectivity index (χ1v) is 9.87. The van der Waals surface area contributed by atoms with Gasteiger partial charge in [-0.1, -0.05) is 19.1 Å². The summed E-state index contributed by atoms with van der Waals surface area (Å²) >= 11 is 1.65. The summed E-state index contributed by atoms with van der Waals surface area (Å²) < 4.78 is 7.08. The van der Waals surface area contributed by atoms with Gasteiger partial charge in [-0.15, -0.1) is 11.3 Å². The minimum Gasteiger partial charge on any atom is -0.493 e. The molecule has 3 aromatic rings. The maximum atomic E-state index is 12.9. The molecule has 0 spiro atoms. The van der Waals surface area contributed by atoms with Crippen LogP contribution < -0.4 is 10.3 Å². The molecule has 0 unspecified atom stereocenters. The molecule has 0 saturated heterocycles. The van der Waals surface area contributed by atoms with Gasteiger partial charge in [-0.3, -0.25) is 4.79 Å². The quantitative estimate of drug-likeness (QED) is 0.640. The third-order valence-corrected chi connectivity index (χ3v) is 5.76. The van der Waals surface area contributed by atoms with Gasteiger partial charge in [-0.05, 0) is 49.8 Å². The predicted molar refractivity (Wildman–Crippen MR) is 106 cm³/mol. The first-order valence-electron chi connectivity index (χ1n) is 9.06. The highest BCUT2D eigenvalue weighted by Crippen LogP contribution is 2.33. The zero-order valence-corrected chi connectivity index (χ0v) is 15.6. The van der Waals surface area contributed by atoms with E-state index in [0.717, 1.165) is 47.2 Å². The number of nitrogens with zero attached hydrogens (tertiary/aromatic N) is 3. The first-order chi connectivity index (χ1) is 12.8. The van der Waals surface area contributed by atoms with Gasteiger partial charge in [0.25, 0.3) is 5.56 Å². The van der Waals surface area contributed by atoms with E-state index in [1.54, 1.807) is 17.6 Å². The van der Waals surface area contributed by atoms with E-state index in [1.165, 1.54) is 27.9 Å². The smallest absolute Gasteiger partial charge is 0.282 e. The number of benzene rings is 1. The Morgan fingerprint density at radius 1 is 1.31 bits per heavy atom. The van der Waals surface area contributed by atoms with Gasteiger partial charge in [0, 0.05) is 10.4 Å². The molecule has 2 heterocycles. The second-order valence-corrected chi connectivity index (χ2v) is 7.50. The van der Waals surface area contributed by atoms with Crippen LogP contribution in [0.1, 0.15) is 42.2 Å². The molecule has 0 bridgehead atoms. The number of aromatic nitrogens is 2. The van der Waals surface area contributed by atoms with Crippen LogP contribution in [0.3, 0.4) is 0 Å². The van der Waals surface area contributed by atoms with Crippen LogP contribution in [-0.4, -0.2) is 22.5 Å². The molecule has 0 radical (unpaired) electrons. The number of thiophene rings is 1. The van der Waals surface area contributed by atoms with Gasteiger partial charge in [0.1, 0.15) is 16.9 Å². The lowest BCUT2D eigenvalue weighted by Gasteiger charge is -2.09. The Morgan fingerprint density at radius 3 is 3.04 bits per heavy atom. The van der Waals surface area contributed by atoms with E-state index in [1.807, 2.05) is 24.3 Å². The molecule has 4 rings (SSSR count).